The van der Waals surface area contributed by atoms with Crippen LogP contribution in [0.25, 0.3) is 11.4 Å². The zero-order valence-corrected chi connectivity index (χ0v) is 8.73. The second kappa shape index (κ2) is 4.04. The fourth-order valence-corrected chi connectivity index (χ4v) is 1.34. The standard InChI is InChI=1S/C11H12N4/c1-8-14-10(7-11(12-2)15-8)9-5-3-4-6-13-9/h3-7H,1-2H3,(H,12,14,15). The van der Waals surface area contributed by atoms with Crippen LogP contribution in [0.2, 0.25) is 0 Å². The van der Waals surface area contributed by atoms with Gasteiger partial charge in [-0.15, -0.1) is 0 Å². The molecule has 0 aliphatic rings. The maximum absolute atomic E-state index is 4.34. The monoisotopic (exact) mass is 200 g/mol. The molecule has 0 bridgehead atoms. The second-order valence-electron chi connectivity index (χ2n) is 3.15. The summed E-state index contributed by atoms with van der Waals surface area (Å²) in [7, 11) is 1.84. The van der Waals surface area contributed by atoms with Crippen LogP contribution in [0, 0.1) is 6.92 Å². The molecule has 0 unspecified atom stereocenters. The number of anilines is 1. The summed E-state index contributed by atoms with van der Waals surface area (Å²) in [5.41, 5.74) is 1.70. The van der Waals surface area contributed by atoms with E-state index in [-0.39, 0.29) is 0 Å². The Balaban J connectivity index is 2.49. The van der Waals surface area contributed by atoms with Crippen LogP contribution >= 0.6 is 0 Å². The first-order valence-electron chi connectivity index (χ1n) is 4.74. The molecular formula is C11H12N4. The van der Waals surface area contributed by atoms with E-state index in [2.05, 4.69) is 20.3 Å². The van der Waals surface area contributed by atoms with Crippen molar-refractivity contribution in [3.8, 4) is 11.4 Å². The first kappa shape index (κ1) is 9.58. The van der Waals surface area contributed by atoms with E-state index in [0.717, 1.165) is 23.0 Å². The molecule has 0 aliphatic heterocycles. The largest absolute Gasteiger partial charge is 0.373 e. The highest BCUT2D eigenvalue weighted by atomic mass is 15.0. The van der Waals surface area contributed by atoms with Crippen molar-refractivity contribution in [2.75, 3.05) is 12.4 Å². The quantitative estimate of drug-likeness (QED) is 0.804. The average Bonchev–Trinajstić information content (AvgIpc) is 2.29. The lowest BCUT2D eigenvalue weighted by molar-refractivity contribution is 1.05. The number of aromatic nitrogens is 3. The van der Waals surface area contributed by atoms with Crippen LogP contribution in [0.5, 0.6) is 0 Å². The van der Waals surface area contributed by atoms with Gasteiger partial charge in [-0.05, 0) is 19.1 Å². The van der Waals surface area contributed by atoms with Crippen LogP contribution in [0.1, 0.15) is 5.82 Å². The summed E-state index contributed by atoms with van der Waals surface area (Å²) in [4.78, 5) is 12.8. The number of hydrogen-bond donors (Lipinski definition) is 1. The predicted octanol–water partition coefficient (Wildman–Crippen LogP) is 1.89. The Morgan fingerprint density at radius 3 is 2.67 bits per heavy atom. The summed E-state index contributed by atoms with van der Waals surface area (Å²) < 4.78 is 0. The summed E-state index contributed by atoms with van der Waals surface area (Å²) in [5.74, 6) is 1.55. The number of pyridine rings is 1. The smallest absolute Gasteiger partial charge is 0.130 e. The van der Waals surface area contributed by atoms with E-state index in [1.54, 1.807) is 6.20 Å². The molecule has 0 aromatic carbocycles. The van der Waals surface area contributed by atoms with Gasteiger partial charge in [-0.1, -0.05) is 6.07 Å². The fraction of sp³-hybridized carbons (Fsp3) is 0.182. The lowest BCUT2D eigenvalue weighted by atomic mass is 10.2. The SMILES string of the molecule is CNc1cc(-c2ccccn2)nc(C)n1. The van der Waals surface area contributed by atoms with Gasteiger partial charge in [0.05, 0.1) is 11.4 Å². The second-order valence-corrected chi connectivity index (χ2v) is 3.15. The Bertz CT molecular complexity index is 453. The highest BCUT2D eigenvalue weighted by Crippen LogP contribution is 2.16. The van der Waals surface area contributed by atoms with Crippen LogP contribution in [0.3, 0.4) is 0 Å². The lowest BCUT2D eigenvalue weighted by Gasteiger charge is -2.04. The van der Waals surface area contributed by atoms with Crippen molar-refractivity contribution in [1.29, 1.82) is 0 Å². The number of rotatable bonds is 2. The minimum Gasteiger partial charge on any atom is -0.373 e. The number of hydrogen-bond acceptors (Lipinski definition) is 4. The zero-order chi connectivity index (χ0) is 10.7. The Morgan fingerprint density at radius 2 is 2.00 bits per heavy atom. The van der Waals surface area contributed by atoms with Gasteiger partial charge in [0.2, 0.25) is 0 Å². The summed E-state index contributed by atoms with van der Waals surface area (Å²) in [6, 6.07) is 7.64. The van der Waals surface area contributed by atoms with Gasteiger partial charge in [0.1, 0.15) is 11.6 Å². The van der Waals surface area contributed by atoms with Gasteiger partial charge in [-0.3, -0.25) is 4.98 Å². The van der Waals surface area contributed by atoms with E-state index < -0.39 is 0 Å². The maximum atomic E-state index is 4.34. The van der Waals surface area contributed by atoms with E-state index >= 15 is 0 Å². The van der Waals surface area contributed by atoms with Crippen LogP contribution < -0.4 is 5.32 Å². The number of aryl methyl sites for hydroxylation is 1. The Labute approximate surface area is 88.4 Å². The van der Waals surface area contributed by atoms with Crippen LogP contribution in [0.4, 0.5) is 5.82 Å². The molecule has 2 heterocycles. The van der Waals surface area contributed by atoms with Crippen molar-refractivity contribution in [3.63, 3.8) is 0 Å². The summed E-state index contributed by atoms with van der Waals surface area (Å²) >= 11 is 0. The molecule has 0 radical (unpaired) electrons. The third-order valence-electron chi connectivity index (χ3n) is 2.02. The van der Waals surface area contributed by atoms with Gasteiger partial charge in [-0.2, -0.15) is 0 Å². The summed E-state index contributed by atoms with van der Waals surface area (Å²) in [5, 5.41) is 3.00. The lowest BCUT2D eigenvalue weighted by Crippen LogP contribution is -1.98. The zero-order valence-electron chi connectivity index (χ0n) is 8.73. The molecule has 15 heavy (non-hydrogen) atoms. The van der Waals surface area contributed by atoms with Crippen molar-refractivity contribution < 1.29 is 0 Å². The predicted molar refractivity (Wildman–Crippen MR) is 59.5 cm³/mol. The van der Waals surface area contributed by atoms with Crippen LogP contribution in [0.15, 0.2) is 30.5 Å². The first-order chi connectivity index (χ1) is 7.29. The molecule has 2 aromatic heterocycles. The van der Waals surface area contributed by atoms with E-state index in [1.807, 2.05) is 38.2 Å². The van der Waals surface area contributed by atoms with Crippen LogP contribution in [-0.4, -0.2) is 22.0 Å². The third-order valence-corrected chi connectivity index (χ3v) is 2.02. The van der Waals surface area contributed by atoms with Gasteiger partial charge in [-0.25, -0.2) is 9.97 Å². The molecule has 4 nitrogen and oxygen atoms in total. The minimum atomic E-state index is 0.738. The Hall–Kier alpha value is -1.97. The van der Waals surface area contributed by atoms with Crippen molar-refractivity contribution in [2.45, 2.75) is 6.92 Å². The minimum absolute atomic E-state index is 0.738. The molecule has 2 aromatic rings. The summed E-state index contributed by atoms with van der Waals surface area (Å²) in [6.45, 7) is 1.87. The van der Waals surface area contributed by atoms with E-state index in [0.29, 0.717) is 0 Å². The number of nitrogens with one attached hydrogen (secondary N) is 1. The van der Waals surface area contributed by atoms with Gasteiger partial charge in [0.15, 0.2) is 0 Å². The molecular weight excluding hydrogens is 188 g/mol. The van der Waals surface area contributed by atoms with Crippen molar-refractivity contribution in [3.05, 3.63) is 36.3 Å². The third kappa shape index (κ3) is 2.10. The van der Waals surface area contributed by atoms with Crippen molar-refractivity contribution >= 4 is 5.82 Å². The van der Waals surface area contributed by atoms with E-state index in [1.165, 1.54) is 0 Å². The Kier molecular flexibility index (Phi) is 2.58. The van der Waals surface area contributed by atoms with Gasteiger partial charge < -0.3 is 5.32 Å². The average molecular weight is 200 g/mol. The normalized spacial score (nSPS) is 10.0. The van der Waals surface area contributed by atoms with Gasteiger partial charge in [0.25, 0.3) is 0 Å². The highest BCUT2D eigenvalue weighted by Gasteiger charge is 2.03. The molecule has 0 spiro atoms. The highest BCUT2D eigenvalue weighted by molar-refractivity contribution is 5.58. The Morgan fingerprint density at radius 1 is 1.13 bits per heavy atom. The van der Waals surface area contributed by atoms with Crippen molar-refractivity contribution in [1.82, 2.24) is 15.0 Å². The molecule has 0 amide bonds. The van der Waals surface area contributed by atoms with Crippen LogP contribution in [-0.2, 0) is 0 Å². The molecule has 0 saturated carbocycles. The topological polar surface area (TPSA) is 50.7 Å². The molecule has 0 fully saturated rings. The first-order valence-corrected chi connectivity index (χ1v) is 4.74. The van der Waals surface area contributed by atoms with E-state index in [4.69, 9.17) is 0 Å². The fourth-order valence-electron chi connectivity index (χ4n) is 1.34. The van der Waals surface area contributed by atoms with Gasteiger partial charge in [0, 0.05) is 19.3 Å². The molecule has 1 N–H and O–H groups in total. The molecule has 0 aliphatic carbocycles. The van der Waals surface area contributed by atoms with Crippen molar-refractivity contribution in [2.24, 2.45) is 0 Å². The number of nitrogens with zero attached hydrogens (tertiary/aromatic N) is 3. The molecule has 4 heteroatoms. The molecule has 2 rings (SSSR count). The van der Waals surface area contributed by atoms with Gasteiger partial charge >= 0.3 is 0 Å². The molecule has 0 atom stereocenters. The summed E-state index contributed by atoms with van der Waals surface area (Å²) in [6.07, 6.45) is 1.76. The molecule has 76 valence electrons. The molecule has 0 saturated heterocycles. The van der Waals surface area contributed by atoms with E-state index in [9.17, 15) is 0 Å². The maximum Gasteiger partial charge on any atom is 0.130 e.